The van der Waals surface area contributed by atoms with E-state index in [9.17, 15) is 8.42 Å². The first-order chi connectivity index (χ1) is 9.35. The van der Waals surface area contributed by atoms with E-state index in [1.807, 2.05) is 13.1 Å². The maximum atomic E-state index is 12.5. The fourth-order valence-electron chi connectivity index (χ4n) is 2.83. The Bertz CT molecular complexity index is 567. The van der Waals surface area contributed by atoms with Gasteiger partial charge >= 0.3 is 0 Å². The SMILES string of the molecule is CNCc1cccc(S(=O)(=O)NC2CCCC2(C)C)c1. The zero-order chi connectivity index (χ0) is 14.8. The first-order valence-corrected chi connectivity index (χ1v) is 8.59. The number of sulfonamides is 1. The summed E-state index contributed by atoms with van der Waals surface area (Å²) in [7, 11) is -1.59. The molecule has 112 valence electrons. The van der Waals surface area contributed by atoms with Crippen molar-refractivity contribution in [2.75, 3.05) is 7.05 Å². The smallest absolute Gasteiger partial charge is 0.240 e. The Labute approximate surface area is 122 Å². The van der Waals surface area contributed by atoms with Crippen LogP contribution in [0, 0.1) is 5.41 Å². The average molecular weight is 296 g/mol. The van der Waals surface area contributed by atoms with Gasteiger partial charge < -0.3 is 5.32 Å². The summed E-state index contributed by atoms with van der Waals surface area (Å²) < 4.78 is 27.9. The molecule has 20 heavy (non-hydrogen) atoms. The fourth-order valence-corrected chi connectivity index (χ4v) is 4.34. The van der Waals surface area contributed by atoms with E-state index < -0.39 is 10.0 Å². The Morgan fingerprint density at radius 1 is 1.35 bits per heavy atom. The van der Waals surface area contributed by atoms with Crippen molar-refractivity contribution in [1.82, 2.24) is 10.0 Å². The third-order valence-electron chi connectivity index (χ3n) is 4.14. The molecule has 1 saturated carbocycles. The lowest BCUT2D eigenvalue weighted by atomic mass is 9.88. The van der Waals surface area contributed by atoms with E-state index in [1.165, 1.54) is 0 Å². The standard InChI is InChI=1S/C15H24N2O2S/c1-15(2)9-5-8-14(15)17-20(18,19)13-7-4-6-12(10-13)11-16-3/h4,6-7,10,14,16-17H,5,8-9,11H2,1-3H3. The Morgan fingerprint density at radius 3 is 2.70 bits per heavy atom. The van der Waals surface area contributed by atoms with Crippen LogP contribution in [0.3, 0.4) is 0 Å². The molecule has 2 N–H and O–H groups in total. The predicted octanol–water partition coefficient (Wildman–Crippen LogP) is 2.26. The topological polar surface area (TPSA) is 58.2 Å². The van der Waals surface area contributed by atoms with Gasteiger partial charge in [0.1, 0.15) is 0 Å². The van der Waals surface area contributed by atoms with Crippen molar-refractivity contribution >= 4 is 10.0 Å². The molecule has 0 spiro atoms. The molecule has 0 heterocycles. The number of benzene rings is 1. The van der Waals surface area contributed by atoms with Crippen LogP contribution in [-0.2, 0) is 16.6 Å². The van der Waals surface area contributed by atoms with Crippen LogP contribution in [0.4, 0.5) is 0 Å². The Morgan fingerprint density at radius 2 is 2.10 bits per heavy atom. The molecule has 0 saturated heterocycles. The van der Waals surface area contributed by atoms with Crippen molar-refractivity contribution in [2.24, 2.45) is 5.41 Å². The molecule has 1 aromatic rings. The van der Waals surface area contributed by atoms with Gasteiger partial charge in [0.05, 0.1) is 4.90 Å². The molecule has 1 aliphatic carbocycles. The number of rotatable bonds is 5. The molecular formula is C15H24N2O2S. The van der Waals surface area contributed by atoms with Crippen molar-refractivity contribution in [3.05, 3.63) is 29.8 Å². The average Bonchev–Trinajstić information content (AvgIpc) is 2.69. The van der Waals surface area contributed by atoms with Gasteiger partial charge in [-0.15, -0.1) is 0 Å². The van der Waals surface area contributed by atoms with Crippen LogP contribution in [0.15, 0.2) is 29.2 Å². The molecule has 0 bridgehead atoms. The fraction of sp³-hybridized carbons (Fsp3) is 0.600. The minimum Gasteiger partial charge on any atom is -0.316 e. The quantitative estimate of drug-likeness (QED) is 0.876. The van der Waals surface area contributed by atoms with Gasteiger partial charge in [-0.3, -0.25) is 0 Å². The summed E-state index contributed by atoms with van der Waals surface area (Å²) in [6, 6.07) is 7.14. The van der Waals surface area contributed by atoms with Crippen molar-refractivity contribution in [3.8, 4) is 0 Å². The molecule has 4 nitrogen and oxygen atoms in total. The van der Waals surface area contributed by atoms with E-state index in [4.69, 9.17) is 0 Å². The number of hydrogen-bond acceptors (Lipinski definition) is 3. The van der Waals surface area contributed by atoms with Gasteiger partial charge in [0, 0.05) is 12.6 Å². The van der Waals surface area contributed by atoms with Crippen LogP contribution in [0.1, 0.15) is 38.7 Å². The Hall–Kier alpha value is -0.910. The van der Waals surface area contributed by atoms with Crippen molar-refractivity contribution in [3.63, 3.8) is 0 Å². The van der Waals surface area contributed by atoms with Gasteiger partial charge in [0.2, 0.25) is 10.0 Å². The Balaban J connectivity index is 2.20. The zero-order valence-electron chi connectivity index (χ0n) is 12.4. The highest BCUT2D eigenvalue weighted by atomic mass is 32.2. The molecule has 1 atom stereocenters. The maximum Gasteiger partial charge on any atom is 0.240 e. The third-order valence-corrected chi connectivity index (χ3v) is 5.61. The summed E-state index contributed by atoms with van der Waals surface area (Å²) in [5, 5.41) is 3.03. The van der Waals surface area contributed by atoms with Gasteiger partial charge in [-0.25, -0.2) is 13.1 Å². The van der Waals surface area contributed by atoms with Gasteiger partial charge in [0.25, 0.3) is 0 Å². The second kappa shape index (κ2) is 5.84. The summed E-state index contributed by atoms with van der Waals surface area (Å²) in [6.45, 7) is 4.92. The highest BCUT2D eigenvalue weighted by Crippen LogP contribution is 2.37. The van der Waals surface area contributed by atoms with Crippen LogP contribution < -0.4 is 10.0 Å². The summed E-state index contributed by atoms with van der Waals surface area (Å²) in [5.41, 5.74) is 1.01. The van der Waals surface area contributed by atoms with Crippen LogP contribution in [0.5, 0.6) is 0 Å². The Kier molecular flexibility index (Phi) is 4.52. The zero-order valence-corrected chi connectivity index (χ0v) is 13.3. The number of hydrogen-bond donors (Lipinski definition) is 2. The second-order valence-corrected chi connectivity index (χ2v) is 7.95. The van der Waals surface area contributed by atoms with E-state index >= 15 is 0 Å². The second-order valence-electron chi connectivity index (χ2n) is 6.23. The maximum absolute atomic E-state index is 12.5. The van der Waals surface area contributed by atoms with Crippen molar-refractivity contribution < 1.29 is 8.42 Å². The molecule has 0 aliphatic heterocycles. The van der Waals surface area contributed by atoms with Crippen LogP contribution in [-0.4, -0.2) is 21.5 Å². The molecule has 1 aromatic carbocycles. The van der Waals surface area contributed by atoms with E-state index in [-0.39, 0.29) is 11.5 Å². The normalized spacial score (nSPS) is 22.1. The summed E-state index contributed by atoms with van der Waals surface area (Å²) >= 11 is 0. The molecule has 0 aromatic heterocycles. The summed E-state index contributed by atoms with van der Waals surface area (Å²) in [5.74, 6) is 0. The first kappa shape index (κ1) is 15.5. The molecule has 1 aliphatic rings. The first-order valence-electron chi connectivity index (χ1n) is 7.11. The van der Waals surface area contributed by atoms with Crippen molar-refractivity contribution in [2.45, 2.75) is 50.6 Å². The van der Waals surface area contributed by atoms with Crippen LogP contribution in [0.25, 0.3) is 0 Å². The van der Waals surface area contributed by atoms with Gasteiger partial charge in [-0.2, -0.15) is 0 Å². The van der Waals surface area contributed by atoms with E-state index in [2.05, 4.69) is 23.9 Å². The van der Waals surface area contributed by atoms with Crippen LogP contribution in [0.2, 0.25) is 0 Å². The van der Waals surface area contributed by atoms with E-state index in [0.29, 0.717) is 11.4 Å². The molecule has 0 amide bonds. The third kappa shape index (κ3) is 3.40. The summed E-state index contributed by atoms with van der Waals surface area (Å²) in [4.78, 5) is 0.355. The van der Waals surface area contributed by atoms with Gasteiger partial charge in [0.15, 0.2) is 0 Å². The highest BCUT2D eigenvalue weighted by molar-refractivity contribution is 7.89. The predicted molar refractivity (Wildman–Crippen MR) is 80.9 cm³/mol. The van der Waals surface area contributed by atoms with Gasteiger partial charge in [-0.05, 0) is 43.0 Å². The highest BCUT2D eigenvalue weighted by Gasteiger charge is 2.37. The molecule has 1 fully saturated rings. The lowest BCUT2D eigenvalue weighted by molar-refractivity contribution is 0.313. The summed E-state index contributed by atoms with van der Waals surface area (Å²) in [6.07, 6.45) is 3.07. The van der Waals surface area contributed by atoms with Crippen LogP contribution >= 0.6 is 0 Å². The van der Waals surface area contributed by atoms with Gasteiger partial charge in [-0.1, -0.05) is 32.4 Å². The molecule has 1 unspecified atom stereocenters. The molecule has 0 radical (unpaired) electrons. The lowest BCUT2D eigenvalue weighted by Gasteiger charge is -2.27. The van der Waals surface area contributed by atoms with Crippen molar-refractivity contribution in [1.29, 1.82) is 0 Å². The molecule has 5 heteroatoms. The molecule has 2 rings (SSSR count). The minimum absolute atomic E-state index is 0.0282. The molecular weight excluding hydrogens is 272 g/mol. The van der Waals surface area contributed by atoms with E-state index in [0.717, 1.165) is 24.8 Å². The minimum atomic E-state index is -3.43. The lowest BCUT2D eigenvalue weighted by Crippen LogP contribution is -2.41. The largest absolute Gasteiger partial charge is 0.316 e. The van der Waals surface area contributed by atoms with E-state index in [1.54, 1.807) is 18.2 Å². The monoisotopic (exact) mass is 296 g/mol. The number of nitrogens with one attached hydrogen (secondary N) is 2.